The van der Waals surface area contributed by atoms with Crippen molar-refractivity contribution in [3.05, 3.63) is 324 Å². The minimum Gasteiger partial charge on any atom is -0.309 e. The Morgan fingerprint density at radius 3 is 1.37 bits per heavy atom. The van der Waals surface area contributed by atoms with Crippen molar-refractivity contribution in [1.82, 2.24) is 4.57 Å². The molecule has 0 atom stereocenters. The SMILES string of the molecule is c1ccc(-c2ccc(-c3ccccc3N(c3cc4c5c(c3)c3ccccc3n5-c3ccccc3C43c4ccccc4-c4ccccc43)c3cccc4c3-c3ccccc3C43c4ccccc4-c4ccccc43)cc2)cc1. The third-order valence-electron chi connectivity index (χ3n) is 17.6. The van der Waals surface area contributed by atoms with Crippen molar-refractivity contribution < 1.29 is 0 Å². The van der Waals surface area contributed by atoms with Crippen LogP contribution in [0.2, 0.25) is 0 Å². The van der Waals surface area contributed by atoms with E-state index in [9.17, 15) is 0 Å². The van der Waals surface area contributed by atoms with E-state index in [1.165, 1.54) is 117 Å². The number of anilines is 3. The van der Waals surface area contributed by atoms with Gasteiger partial charge in [0.15, 0.2) is 0 Å². The van der Waals surface area contributed by atoms with Gasteiger partial charge in [-0.3, -0.25) is 0 Å². The summed E-state index contributed by atoms with van der Waals surface area (Å²) in [7, 11) is 0. The molecular formula is C74H46N2. The van der Waals surface area contributed by atoms with Gasteiger partial charge >= 0.3 is 0 Å². The maximum atomic E-state index is 2.63. The van der Waals surface area contributed by atoms with Crippen molar-refractivity contribution in [2.24, 2.45) is 0 Å². The quantitative estimate of drug-likeness (QED) is 0.167. The van der Waals surface area contributed by atoms with Crippen molar-refractivity contribution in [3.8, 4) is 61.3 Å². The molecule has 4 aliphatic rings. The molecule has 13 aromatic rings. The zero-order valence-corrected chi connectivity index (χ0v) is 41.5. The molecule has 0 fully saturated rings. The Hall–Kier alpha value is -9.76. The van der Waals surface area contributed by atoms with E-state index in [2.05, 4.69) is 289 Å². The van der Waals surface area contributed by atoms with Gasteiger partial charge in [0, 0.05) is 27.6 Å². The molecule has 2 heterocycles. The molecule has 0 saturated heterocycles. The van der Waals surface area contributed by atoms with Crippen LogP contribution in [0, 0.1) is 0 Å². The van der Waals surface area contributed by atoms with Gasteiger partial charge in [-0.25, -0.2) is 0 Å². The van der Waals surface area contributed by atoms with Crippen LogP contribution < -0.4 is 4.90 Å². The van der Waals surface area contributed by atoms with E-state index in [-0.39, 0.29) is 0 Å². The van der Waals surface area contributed by atoms with Crippen LogP contribution in [-0.2, 0) is 10.8 Å². The molecule has 2 nitrogen and oxygen atoms in total. The summed E-state index contributed by atoms with van der Waals surface area (Å²) < 4.78 is 2.57. The van der Waals surface area contributed by atoms with Crippen LogP contribution in [0.5, 0.6) is 0 Å². The number of aromatic nitrogens is 1. The van der Waals surface area contributed by atoms with Gasteiger partial charge in [-0.15, -0.1) is 0 Å². The molecule has 0 N–H and O–H groups in total. The van der Waals surface area contributed by atoms with E-state index >= 15 is 0 Å². The lowest BCUT2D eigenvalue weighted by Gasteiger charge is -2.40. The lowest BCUT2D eigenvalue weighted by molar-refractivity contribution is 0.748. The van der Waals surface area contributed by atoms with Gasteiger partial charge in [0.2, 0.25) is 0 Å². The third-order valence-corrected chi connectivity index (χ3v) is 17.6. The fraction of sp³-hybridized carbons (Fsp3) is 0.0270. The van der Waals surface area contributed by atoms with Gasteiger partial charge in [0.25, 0.3) is 0 Å². The van der Waals surface area contributed by atoms with Gasteiger partial charge in [-0.1, -0.05) is 243 Å². The number of rotatable bonds is 5. The highest BCUT2D eigenvalue weighted by Gasteiger charge is 2.54. The number of nitrogens with zero attached hydrogens (tertiary/aromatic N) is 2. The highest BCUT2D eigenvalue weighted by Crippen LogP contribution is 2.66. The van der Waals surface area contributed by atoms with Crippen LogP contribution in [0.4, 0.5) is 17.1 Å². The first-order chi connectivity index (χ1) is 37.7. The van der Waals surface area contributed by atoms with Crippen molar-refractivity contribution in [2.45, 2.75) is 10.8 Å². The molecule has 1 aromatic heterocycles. The first-order valence-corrected chi connectivity index (χ1v) is 26.6. The lowest BCUT2D eigenvalue weighted by Crippen LogP contribution is -2.33. The predicted octanol–water partition coefficient (Wildman–Crippen LogP) is 18.6. The van der Waals surface area contributed by atoms with Crippen molar-refractivity contribution >= 4 is 38.9 Å². The Morgan fingerprint density at radius 2 is 0.724 bits per heavy atom. The van der Waals surface area contributed by atoms with Crippen molar-refractivity contribution in [2.75, 3.05) is 4.90 Å². The first-order valence-electron chi connectivity index (χ1n) is 26.6. The molecule has 2 heteroatoms. The largest absolute Gasteiger partial charge is 0.309 e. The Morgan fingerprint density at radius 1 is 0.276 bits per heavy atom. The van der Waals surface area contributed by atoms with E-state index < -0.39 is 10.8 Å². The van der Waals surface area contributed by atoms with Crippen LogP contribution in [0.15, 0.2) is 279 Å². The zero-order valence-electron chi connectivity index (χ0n) is 41.5. The molecule has 12 aromatic carbocycles. The second-order valence-electron chi connectivity index (χ2n) is 21.0. The first kappa shape index (κ1) is 41.7. The predicted molar refractivity (Wildman–Crippen MR) is 313 cm³/mol. The number of fused-ring (bicyclic) bond motifs is 22. The zero-order chi connectivity index (χ0) is 49.7. The summed E-state index contributed by atoms with van der Waals surface area (Å²) in [4.78, 5) is 2.63. The highest BCUT2D eigenvalue weighted by atomic mass is 15.2. The summed E-state index contributed by atoms with van der Waals surface area (Å²) in [6.07, 6.45) is 0. The number of hydrogen-bond acceptors (Lipinski definition) is 1. The Labute approximate surface area is 441 Å². The fourth-order valence-electron chi connectivity index (χ4n) is 14.8. The van der Waals surface area contributed by atoms with E-state index in [0.717, 1.165) is 28.2 Å². The Kier molecular flexibility index (Phi) is 8.44. The molecule has 0 radical (unpaired) electrons. The molecule has 0 bridgehead atoms. The van der Waals surface area contributed by atoms with E-state index in [0.29, 0.717) is 0 Å². The smallest absolute Gasteiger partial charge is 0.0755 e. The summed E-state index contributed by atoms with van der Waals surface area (Å²) in [5.41, 5.74) is 28.8. The normalized spacial score (nSPS) is 14.0. The maximum Gasteiger partial charge on any atom is 0.0755 e. The minimum atomic E-state index is -0.618. The monoisotopic (exact) mass is 962 g/mol. The van der Waals surface area contributed by atoms with Crippen LogP contribution in [-0.4, -0.2) is 4.57 Å². The molecule has 0 amide bonds. The van der Waals surface area contributed by atoms with Crippen molar-refractivity contribution in [3.63, 3.8) is 0 Å². The summed E-state index contributed by atoms with van der Waals surface area (Å²) >= 11 is 0. The van der Waals surface area contributed by atoms with E-state index in [1.54, 1.807) is 0 Å². The van der Waals surface area contributed by atoms with Crippen molar-refractivity contribution in [1.29, 1.82) is 0 Å². The molecule has 3 aliphatic carbocycles. The molecule has 1 aliphatic heterocycles. The average Bonchev–Trinajstić information content (AvgIpc) is 4.39. The van der Waals surface area contributed by atoms with Gasteiger partial charge in [0.05, 0.1) is 38.9 Å². The molecule has 0 unspecified atom stereocenters. The van der Waals surface area contributed by atoms with Gasteiger partial charge in [-0.05, 0) is 125 Å². The molecular weight excluding hydrogens is 917 g/mol. The van der Waals surface area contributed by atoms with Gasteiger partial charge < -0.3 is 9.47 Å². The number of para-hydroxylation sites is 3. The maximum absolute atomic E-state index is 2.63. The highest BCUT2D eigenvalue weighted by molar-refractivity contribution is 6.15. The molecule has 76 heavy (non-hydrogen) atoms. The molecule has 0 saturated carbocycles. The summed E-state index contributed by atoms with van der Waals surface area (Å²) in [5.74, 6) is 0. The summed E-state index contributed by atoms with van der Waals surface area (Å²) in [5, 5.41) is 2.47. The Bertz CT molecular complexity index is 4500. The second kappa shape index (κ2) is 15.4. The van der Waals surface area contributed by atoms with Crippen LogP contribution in [0.25, 0.3) is 83.1 Å². The fourth-order valence-corrected chi connectivity index (χ4v) is 14.8. The van der Waals surface area contributed by atoms with E-state index in [1.807, 2.05) is 0 Å². The number of benzene rings is 12. The van der Waals surface area contributed by atoms with Crippen LogP contribution >= 0.6 is 0 Å². The molecule has 352 valence electrons. The molecule has 2 spiro atoms. The lowest BCUT2D eigenvalue weighted by atomic mass is 9.65. The van der Waals surface area contributed by atoms with E-state index in [4.69, 9.17) is 0 Å². The third kappa shape index (κ3) is 5.20. The van der Waals surface area contributed by atoms with Gasteiger partial charge in [-0.2, -0.15) is 0 Å². The minimum absolute atomic E-state index is 0.512. The Balaban J connectivity index is 1.02. The van der Waals surface area contributed by atoms with Gasteiger partial charge in [0.1, 0.15) is 0 Å². The summed E-state index contributed by atoms with van der Waals surface area (Å²) in [6, 6.07) is 105. The standard InChI is InChI=1S/C74H46N2/c1-2-21-47(22-3-1)48-41-43-49(44-42-48)51-23-9-17-37-67(51)75(70-40-20-36-65-71(70)57-29-8-15-34-63(57)73(65)59-30-11-4-24-52(59)53-25-5-12-31-60(53)73)50-45-58-56-28-10-18-38-68(56)76-69-39-19-16-35-64(69)74(66(46-50)72(58)76)61-32-13-6-26-54(61)55-27-7-14-33-62(55)74/h1-46H. The second-order valence-corrected chi connectivity index (χ2v) is 21.0. The van der Waals surface area contributed by atoms with Crippen LogP contribution in [0.3, 0.4) is 0 Å². The molecule has 17 rings (SSSR count). The summed E-state index contributed by atoms with van der Waals surface area (Å²) in [6.45, 7) is 0. The number of hydrogen-bond donors (Lipinski definition) is 0. The topological polar surface area (TPSA) is 8.17 Å². The average molecular weight is 963 g/mol. The van der Waals surface area contributed by atoms with Crippen LogP contribution in [0.1, 0.15) is 44.5 Å².